The Morgan fingerprint density at radius 2 is 1.97 bits per heavy atom. The van der Waals surface area contributed by atoms with Gasteiger partial charge in [-0.25, -0.2) is 23.1 Å². The normalized spacial score (nSPS) is 34.1. The summed E-state index contributed by atoms with van der Waals surface area (Å²) in [5, 5.41) is 15.2. The lowest BCUT2D eigenvalue weighted by Crippen LogP contribution is -2.29. The lowest BCUT2D eigenvalue weighted by Gasteiger charge is -2.26. The Balaban J connectivity index is 1.56. The highest BCUT2D eigenvalue weighted by Gasteiger charge is 2.27. The maximum atomic E-state index is 14.4. The van der Waals surface area contributed by atoms with Crippen LogP contribution in [-0.4, -0.2) is 49.9 Å². The van der Waals surface area contributed by atoms with E-state index in [-0.39, 0.29) is 35.7 Å². The number of halogens is 3. The number of fused-ring (bicyclic) bond motifs is 1. The molecule has 1 aliphatic heterocycles. The zero-order chi connectivity index (χ0) is 27.7. The minimum atomic E-state index is -2.75. The molecule has 8 nitrogen and oxygen atoms in total. The van der Waals surface area contributed by atoms with Gasteiger partial charge in [0.25, 0.3) is 0 Å². The summed E-state index contributed by atoms with van der Waals surface area (Å²) in [6.07, 6.45) is -8.07. The summed E-state index contributed by atoms with van der Waals surface area (Å²) in [4.78, 5) is 12.7. The van der Waals surface area contributed by atoms with Crippen molar-refractivity contribution in [2.45, 2.75) is 50.1 Å². The molecule has 2 aliphatic rings. The number of ether oxygens (including phenoxy) is 1. The number of nitrogens with zero attached hydrogens (tertiary/aromatic N) is 4. The monoisotopic (exact) mass is 454 g/mol. The molecular formula is C21H23F3N6O2. The third-order valence-corrected chi connectivity index (χ3v) is 5.15. The van der Waals surface area contributed by atoms with Crippen molar-refractivity contribution in [2.24, 2.45) is 0 Å². The molecule has 1 aliphatic carbocycles. The highest BCUT2D eigenvalue weighted by Crippen LogP contribution is 2.32. The average molecular weight is 454 g/mol. The molecule has 1 saturated carbocycles. The van der Waals surface area contributed by atoms with Crippen LogP contribution >= 0.6 is 0 Å². The van der Waals surface area contributed by atoms with E-state index >= 15 is 0 Å². The van der Waals surface area contributed by atoms with Gasteiger partial charge in [0.05, 0.1) is 27.7 Å². The molecule has 0 amide bonds. The van der Waals surface area contributed by atoms with Gasteiger partial charge in [0.1, 0.15) is 17.0 Å². The first-order valence-electron chi connectivity index (χ1n) is 12.9. The minimum absolute atomic E-state index is 0.0458. The first-order chi connectivity index (χ1) is 17.6. The van der Waals surface area contributed by atoms with Crippen molar-refractivity contribution < 1.29 is 31.2 Å². The van der Waals surface area contributed by atoms with Gasteiger partial charge in [0.2, 0.25) is 11.9 Å². The van der Waals surface area contributed by atoms with Crippen LogP contribution in [0.5, 0.6) is 0 Å². The van der Waals surface area contributed by atoms with Gasteiger partial charge in [-0.05, 0) is 32.0 Å². The summed E-state index contributed by atoms with van der Waals surface area (Å²) in [6, 6.07) is -1.71. The molecule has 0 radical (unpaired) electrons. The van der Waals surface area contributed by atoms with Gasteiger partial charge in [-0.15, -0.1) is 0 Å². The highest BCUT2D eigenvalue weighted by atomic mass is 19.1. The van der Waals surface area contributed by atoms with Gasteiger partial charge in [0, 0.05) is 30.2 Å². The van der Waals surface area contributed by atoms with Crippen LogP contribution in [0.4, 0.5) is 30.8 Å². The Hall–Kier alpha value is -2.92. The van der Waals surface area contributed by atoms with Crippen LogP contribution in [-0.2, 0) is 4.74 Å². The van der Waals surface area contributed by atoms with E-state index in [1.54, 1.807) is 0 Å². The zero-order valence-corrected chi connectivity index (χ0v) is 16.6. The van der Waals surface area contributed by atoms with Crippen molar-refractivity contribution in [1.29, 1.82) is 0 Å². The highest BCUT2D eigenvalue weighted by molar-refractivity contribution is 5.76. The molecule has 3 unspecified atom stereocenters. The number of aliphatic hydroxyl groups is 1. The van der Waals surface area contributed by atoms with Crippen molar-refractivity contribution in [1.82, 2.24) is 19.5 Å². The lowest BCUT2D eigenvalue weighted by atomic mass is 9.93. The summed E-state index contributed by atoms with van der Waals surface area (Å²) in [6.45, 7) is 0.606. The van der Waals surface area contributed by atoms with Gasteiger partial charge >= 0.3 is 0 Å². The Bertz CT molecular complexity index is 1380. The quantitative estimate of drug-likeness (QED) is 0.541. The molecule has 2 fully saturated rings. The molecular weight excluding hydrogens is 425 g/mol. The van der Waals surface area contributed by atoms with E-state index in [1.807, 2.05) is 0 Å². The molecule has 11 heteroatoms. The first kappa shape index (κ1) is 15.0. The maximum absolute atomic E-state index is 14.4. The standard InChI is InChI=1S/C21H23F3N6O2/c22-11-7-15(23)18(16(24)8-11)28-21-27-17-9-25-20(26-12-1-3-14(31)4-2-12)29-19(17)30(21)13-5-6-32-10-13/h7-9,12-14,31H,1-6,10H2,(H,27,28)(H,25,26,29)/i1D2,4D2,12D,14D. The fourth-order valence-corrected chi connectivity index (χ4v) is 3.61. The van der Waals surface area contributed by atoms with E-state index in [4.69, 9.17) is 13.0 Å². The average Bonchev–Trinajstić information content (AvgIpc) is 3.41. The van der Waals surface area contributed by atoms with Gasteiger partial charge in [-0.1, -0.05) is 0 Å². The van der Waals surface area contributed by atoms with Crippen molar-refractivity contribution >= 4 is 28.7 Å². The SMILES string of the molecule is [2H]C1([2H])CC([2H])(Nc2ncc3nc(Nc4c(F)cc(F)cc4F)n(C4CCOC4)c3n2)C([2H])([2H])CC1([2H])O. The summed E-state index contributed by atoms with van der Waals surface area (Å²) in [5.41, 5.74) is -0.323. The summed E-state index contributed by atoms with van der Waals surface area (Å²) in [5.74, 6) is -3.78. The van der Waals surface area contributed by atoms with Crippen LogP contribution in [0.3, 0.4) is 0 Å². The second-order valence-electron chi connectivity index (χ2n) is 7.35. The van der Waals surface area contributed by atoms with Gasteiger partial charge < -0.3 is 20.5 Å². The second kappa shape index (κ2) is 8.55. The van der Waals surface area contributed by atoms with Crippen LogP contribution in [0.1, 0.15) is 46.3 Å². The molecule has 170 valence electrons. The fourth-order valence-electron chi connectivity index (χ4n) is 3.61. The number of benzene rings is 1. The van der Waals surface area contributed by atoms with Crippen molar-refractivity contribution in [3.8, 4) is 0 Å². The van der Waals surface area contributed by atoms with Crippen LogP contribution in [0, 0.1) is 17.5 Å². The van der Waals surface area contributed by atoms with E-state index in [0.717, 1.165) is 0 Å². The lowest BCUT2D eigenvalue weighted by molar-refractivity contribution is 0.126. The third-order valence-electron chi connectivity index (χ3n) is 5.15. The van der Waals surface area contributed by atoms with Gasteiger partial charge in [-0.3, -0.25) is 4.57 Å². The smallest absolute Gasteiger partial charge is 0.224 e. The number of hydrogen-bond donors (Lipinski definition) is 3. The van der Waals surface area contributed by atoms with E-state index in [9.17, 15) is 18.3 Å². The topological polar surface area (TPSA) is 97.1 Å². The number of imidazole rings is 1. The van der Waals surface area contributed by atoms with Crippen LogP contribution in [0.25, 0.3) is 11.2 Å². The predicted molar refractivity (Wildman–Crippen MR) is 111 cm³/mol. The largest absolute Gasteiger partial charge is 0.393 e. The summed E-state index contributed by atoms with van der Waals surface area (Å²) in [7, 11) is 0. The van der Waals surface area contributed by atoms with E-state index < -0.39 is 60.8 Å². The Morgan fingerprint density at radius 1 is 1.16 bits per heavy atom. The van der Waals surface area contributed by atoms with Crippen LogP contribution in [0.2, 0.25) is 0 Å². The molecule has 3 N–H and O–H groups in total. The molecule has 5 rings (SSSR count). The minimum Gasteiger partial charge on any atom is -0.393 e. The molecule has 3 aromatic rings. The number of anilines is 3. The number of rotatable bonds is 5. The van der Waals surface area contributed by atoms with Gasteiger partial charge in [0.15, 0.2) is 17.3 Å². The fraction of sp³-hybridized carbons (Fsp3) is 0.476. The first-order valence-corrected chi connectivity index (χ1v) is 9.87. The molecule has 3 atom stereocenters. The zero-order valence-electron chi connectivity index (χ0n) is 22.6. The maximum Gasteiger partial charge on any atom is 0.224 e. The number of aromatic nitrogens is 4. The molecule has 0 spiro atoms. The number of hydrogen-bond acceptors (Lipinski definition) is 7. The third kappa shape index (κ3) is 4.09. The Kier molecular flexibility index (Phi) is 4.01. The molecule has 0 bridgehead atoms. The van der Waals surface area contributed by atoms with Crippen LogP contribution in [0.15, 0.2) is 18.3 Å². The summed E-state index contributed by atoms with van der Waals surface area (Å²) >= 11 is 0. The molecule has 1 saturated heterocycles. The predicted octanol–water partition coefficient (Wildman–Crippen LogP) is 3.66. The van der Waals surface area contributed by atoms with E-state index in [1.165, 1.54) is 10.8 Å². The van der Waals surface area contributed by atoms with Crippen LogP contribution < -0.4 is 10.6 Å². The second-order valence-corrected chi connectivity index (χ2v) is 7.35. The summed E-state index contributed by atoms with van der Waals surface area (Å²) < 4.78 is 98.1. The van der Waals surface area contributed by atoms with Gasteiger partial charge in [-0.2, -0.15) is 4.98 Å². The molecule has 2 aromatic heterocycles. The van der Waals surface area contributed by atoms with Crippen molar-refractivity contribution in [3.05, 3.63) is 35.8 Å². The Labute approximate surface area is 190 Å². The Morgan fingerprint density at radius 3 is 2.72 bits per heavy atom. The molecule has 1 aromatic carbocycles. The number of nitrogens with one attached hydrogen (secondary N) is 2. The van der Waals surface area contributed by atoms with E-state index in [2.05, 4.69) is 25.6 Å². The van der Waals surface area contributed by atoms with Crippen molar-refractivity contribution in [2.75, 3.05) is 23.8 Å². The molecule has 3 heterocycles. The van der Waals surface area contributed by atoms with Crippen molar-refractivity contribution in [3.63, 3.8) is 0 Å². The molecule has 32 heavy (non-hydrogen) atoms. The van der Waals surface area contributed by atoms with E-state index in [0.29, 0.717) is 25.2 Å².